The second kappa shape index (κ2) is 8.57. The summed E-state index contributed by atoms with van der Waals surface area (Å²) in [5, 5.41) is 0. The minimum atomic E-state index is 0.821. The fourth-order valence-corrected chi connectivity index (χ4v) is 4.17. The predicted molar refractivity (Wildman–Crippen MR) is 101 cm³/mol. The lowest BCUT2D eigenvalue weighted by Gasteiger charge is -2.05. The van der Waals surface area contributed by atoms with E-state index >= 15 is 0 Å². The molecule has 0 radical (unpaired) electrons. The second-order valence-corrected chi connectivity index (χ2v) is 8.06. The summed E-state index contributed by atoms with van der Waals surface area (Å²) in [6, 6.07) is 20.6. The van der Waals surface area contributed by atoms with Crippen LogP contribution in [-0.2, 0) is 12.8 Å². The molecule has 0 saturated carbocycles. The van der Waals surface area contributed by atoms with Crippen molar-refractivity contribution >= 4 is 54.4 Å². The molecule has 0 nitrogen and oxygen atoms in total. The Bertz CT molecular complexity index is 510. The summed E-state index contributed by atoms with van der Waals surface area (Å²) in [6.07, 6.45) is 1.64. The summed E-state index contributed by atoms with van der Waals surface area (Å²) in [4.78, 5) is 0. The average molecular weight is 335 g/mol. The van der Waals surface area contributed by atoms with E-state index in [-0.39, 0.29) is 0 Å². The van der Waals surface area contributed by atoms with Gasteiger partial charge in [-0.05, 0) is 32.7 Å². The van der Waals surface area contributed by atoms with Crippen molar-refractivity contribution in [1.29, 1.82) is 0 Å². The Hall–Kier alpha value is -0.680. The molecule has 0 aliphatic rings. The van der Waals surface area contributed by atoms with Gasteiger partial charge < -0.3 is 0 Å². The average Bonchev–Trinajstić information content (AvgIpc) is 2.47. The number of rotatable bonds is 4. The van der Waals surface area contributed by atoms with Crippen molar-refractivity contribution in [3.63, 3.8) is 0 Å². The van der Waals surface area contributed by atoms with Crippen molar-refractivity contribution in [1.82, 2.24) is 0 Å². The molecule has 2 aromatic carbocycles. The summed E-state index contributed by atoms with van der Waals surface area (Å²) < 4.78 is 1.94. The van der Waals surface area contributed by atoms with E-state index in [1.165, 1.54) is 11.1 Å². The summed E-state index contributed by atoms with van der Waals surface area (Å²) >= 11 is 10.8. The standard InChI is InChI=1S/C16H14S4/c17-15(11-13-7-3-1-4-8-13)19-20-16(18)12-14-9-5-2-6-10-14/h1-10H,11-12H2. The lowest BCUT2D eigenvalue weighted by atomic mass is 10.2. The zero-order chi connectivity index (χ0) is 14.2. The van der Waals surface area contributed by atoms with E-state index in [4.69, 9.17) is 24.4 Å². The fraction of sp³-hybridized carbons (Fsp3) is 0.125. The molecule has 2 rings (SSSR count). The number of hydrogen-bond donors (Lipinski definition) is 0. The van der Waals surface area contributed by atoms with Gasteiger partial charge in [0.05, 0.1) is 8.39 Å². The smallest absolute Gasteiger partial charge is 0.0634 e. The summed E-state index contributed by atoms with van der Waals surface area (Å²) in [5.74, 6) is 0. The molecule has 0 unspecified atom stereocenters. The van der Waals surface area contributed by atoms with E-state index in [2.05, 4.69) is 24.3 Å². The Morgan fingerprint density at radius 1 is 0.650 bits per heavy atom. The van der Waals surface area contributed by atoms with Crippen LogP contribution in [0.2, 0.25) is 0 Å². The van der Waals surface area contributed by atoms with Gasteiger partial charge >= 0.3 is 0 Å². The van der Waals surface area contributed by atoms with Crippen molar-refractivity contribution in [3.05, 3.63) is 71.8 Å². The van der Waals surface area contributed by atoms with Crippen LogP contribution < -0.4 is 0 Å². The summed E-state index contributed by atoms with van der Waals surface area (Å²) in [5.41, 5.74) is 2.50. The molecule has 20 heavy (non-hydrogen) atoms. The zero-order valence-corrected chi connectivity index (χ0v) is 14.1. The molecule has 0 saturated heterocycles. The number of thiocarbonyl (C=S) groups is 2. The molecule has 0 aliphatic carbocycles. The molecule has 0 heterocycles. The van der Waals surface area contributed by atoms with Crippen LogP contribution in [-0.4, -0.2) is 8.39 Å². The highest BCUT2D eigenvalue weighted by molar-refractivity contribution is 8.89. The Labute approximate surface area is 138 Å². The van der Waals surface area contributed by atoms with Gasteiger partial charge in [-0.2, -0.15) is 0 Å². The van der Waals surface area contributed by atoms with E-state index in [0.29, 0.717) is 0 Å². The highest BCUT2D eigenvalue weighted by Crippen LogP contribution is 2.28. The largest absolute Gasteiger partial charge is 0.0761 e. The van der Waals surface area contributed by atoms with E-state index < -0.39 is 0 Å². The molecular weight excluding hydrogens is 320 g/mol. The molecule has 0 aliphatic heterocycles. The highest BCUT2D eigenvalue weighted by Gasteiger charge is 2.05. The zero-order valence-electron chi connectivity index (χ0n) is 10.8. The van der Waals surface area contributed by atoms with Crippen LogP contribution in [0.4, 0.5) is 0 Å². The van der Waals surface area contributed by atoms with Crippen molar-refractivity contribution in [2.24, 2.45) is 0 Å². The molecule has 0 atom stereocenters. The fourth-order valence-electron chi connectivity index (χ4n) is 1.68. The van der Waals surface area contributed by atoms with Gasteiger partial charge in [0.25, 0.3) is 0 Å². The molecular formula is C16H14S4. The van der Waals surface area contributed by atoms with Crippen molar-refractivity contribution in [2.45, 2.75) is 12.8 Å². The Morgan fingerprint density at radius 3 is 1.35 bits per heavy atom. The van der Waals surface area contributed by atoms with Gasteiger partial charge in [-0.25, -0.2) is 0 Å². The van der Waals surface area contributed by atoms with Gasteiger partial charge in [0.15, 0.2) is 0 Å². The molecule has 0 fully saturated rings. The molecule has 4 heteroatoms. The molecule has 102 valence electrons. The molecule has 2 aromatic rings. The molecule has 0 aromatic heterocycles. The first kappa shape index (κ1) is 15.7. The van der Waals surface area contributed by atoms with Crippen LogP contribution >= 0.6 is 46.0 Å². The normalized spacial score (nSPS) is 10.2. The van der Waals surface area contributed by atoms with Gasteiger partial charge in [-0.3, -0.25) is 0 Å². The third-order valence-electron chi connectivity index (χ3n) is 2.61. The van der Waals surface area contributed by atoms with Crippen LogP contribution in [0.1, 0.15) is 11.1 Å². The molecule has 0 N–H and O–H groups in total. The van der Waals surface area contributed by atoms with Crippen LogP contribution in [0.15, 0.2) is 60.7 Å². The lowest BCUT2D eigenvalue weighted by Crippen LogP contribution is -1.96. The maximum absolute atomic E-state index is 5.40. The summed E-state index contributed by atoms with van der Waals surface area (Å²) in [7, 11) is 3.21. The van der Waals surface area contributed by atoms with Crippen LogP contribution in [0.3, 0.4) is 0 Å². The van der Waals surface area contributed by atoms with Crippen LogP contribution in [0.5, 0.6) is 0 Å². The first-order valence-corrected chi connectivity index (χ1v) is 9.19. The van der Waals surface area contributed by atoms with Gasteiger partial charge in [0.2, 0.25) is 0 Å². The van der Waals surface area contributed by atoms with E-state index in [1.807, 2.05) is 36.4 Å². The number of benzene rings is 2. The lowest BCUT2D eigenvalue weighted by molar-refractivity contribution is 1.37. The van der Waals surface area contributed by atoms with Crippen LogP contribution in [0.25, 0.3) is 0 Å². The van der Waals surface area contributed by atoms with Crippen molar-refractivity contribution < 1.29 is 0 Å². The number of hydrogen-bond acceptors (Lipinski definition) is 4. The molecule has 0 amide bonds. The maximum atomic E-state index is 5.40. The monoisotopic (exact) mass is 334 g/mol. The predicted octanol–water partition coefficient (Wildman–Crippen LogP) is 5.51. The minimum Gasteiger partial charge on any atom is -0.0761 e. The molecule has 0 bridgehead atoms. The van der Waals surface area contributed by atoms with E-state index in [1.54, 1.807) is 21.6 Å². The minimum absolute atomic E-state index is 0.821. The SMILES string of the molecule is S=C(Cc1ccccc1)SSC(=S)Cc1ccccc1. The highest BCUT2D eigenvalue weighted by atomic mass is 33.1. The second-order valence-electron chi connectivity index (χ2n) is 4.24. The van der Waals surface area contributed by atoms with Crippen molar-refractivity contribution in [3.8, 4) is 0 Å². The quantitative estimate of drug-likeness (QED) is 0.534. The first-order chi connectivity index (χ1) is 9.74. The van der Waals surface area contributed by atoms with E-state index in [9.17, 15) is 0 Å². The van der Waals surface area contributed by atoms with Crippen LogP contribution in [0, 0.1) is 0 Å². The Kier molecular flexibility index (Phi) is 6.73. The summed E-state index contributed by atoms with van der Waals surface area (Å²) in [6.45, 7) is 0. The topological polar surface area (TPSA) is 0 Å². The first-order valence-electron chi connectivity index (χ1n) is 6.22. The Balaban J connectivity index is 1.75. The van der Waals surface area contributed by atoms with Gasteiger partial charge in [-0.15, -0.1) is 0 Å². The van der Waals surface area contributed by atoms with Gasteiger partial charge in [-0.1, -0.05) is 85.1 Å². The van der Waals surface area contributed by atoms with Crippen molar-refractivity contribution in [2.75, 3.05) is 0 Å². The Morgan fingerprint density at radius 2 is 1.00 bits per heavy atom. The third kappa shape index (κ3) is 5.75. The maximum Gasteiger partial charge on any atom is 0.0634 e. The van der Waals surface area contributed by atoms with Gasteiger partial charge in [0.1, 0.15) is 0 Å². The van der Waals surface area contributed by atoms with E-state index in [0.717, 1.165) is 21.2 Å². The van der Waals surface area contributed by atoms with Gasteiger partial charge in [0, 0.05) is 12.8 Å². The third-order valence-corrected chi connectivity index (χ3v) is 6.23. The molecule has 0 spiro atoms.